The van der Waals surface area contributed by atoms with Gasteiger partial charge in [0.15, 0.2) is 0 Å². The van der Waals surface area contributed by atoms with Gasteiger partial charge in [0.2, 0.25) is 0 Å². The second kappa shape index (κ2) is 7.96. The summed E-state index contributed by atoms with van der Waals surface area (Å²) < 4.78 is 42.3. The summed E-state index contributed by atoms with van der Waals surface area (Å²) in [6.45, 7) is -2.75. The zero-order valence-electron chi connectivity index (χ0n) is 16.2. The van der Waals surface area contributed by atoms with Crippen LogP contribution < -0.4 is 5.32 Å². The van der Waals surface area contributed by atoms with Crippen LogP contribution in [0, 0.1) is 5.82 Å². The van der Waals surface area contributed by atoms with E-state index in [1.165, 1.54) is 18.2 Å². The van der Waals surface area contributed by atoms with Crippen LogP contribution in [-0.4, -0.2) is 15.5 Å². The molecule has 4 nitrogen and oxygen atoms in total. The Balaban J connectivity index is 1.44. The molecule has 0 saturated carbocycles. The van der Waals surface area contributed by atoms with Crippen molar-refractivity contribution < 1.29 is 18.0 Å². The Morgan fingerprint density at radius 3 is 2.56 bits per heavy atom. The summed E-state index contributed by atoms with van der Waals surface area (Å²) in [7, 11) is 0. The fraction of sp³-hybridized carbons (Fsp3) is 0.0435. The molecule has 0 unspecified atom stereocenters. The standard InChI is InChI=1S/C23H13ClF3N3OS/c24-19-15-10-7-13(25)11-18(15)32-20(19)22(31)28-14-8-5-12(6-9-14)21-29-16-3-1-2-4-17(16)30(21)23(26)27/h1-11,23H,(H,28,31). The number of nitrogens with one attached hydrogen (secondary N) is 1. The molecule has 0 fully saturated rings. The van der Waals surface area contributed by atoms with Gasteiger partial charge in [-0.1, -0.05) is 23.7 Å². The number of benzene rings is 3. The first kappa shape index (κ1) is 20.5. The Bertz CT molecular complexity index is 1480. The monoisotopic (exact) mass is 471 g/mol. The number of carbonyl (C=O) groups is 1. The van der Waals surface area contributed by atoms with E-state index in [0.29, 0.717) is 32.4 Å². The van der Waals surface area contributed by atoms with E-state index in [1.807, 2.05) is 0 Å². The van der Waals surface area contributed by atoms with Gasteiger partial charge in [0.1, 0.15) is 16.5 Å². The molecule has 32 heavy (non-hydrogen) atoms. The highest BCUT2D eigenvalue weighted by atomic mass is 35.5. The van der Waals surface area contributed by atoms with E-state index < -0.39 is 18.3 Å². The number of para-hydroxylation sites is 2. The van der Waals surface area contributed by atoms with Crippen molar-refractivity contribution in [2.75, 3.05) is 5.32 Å². The molecule has 0 aliphatic heterocycles. The SMILES string of the molecule is O=C(Nc1ccc(-c2nc3ccccc3n2C(F)F)cc1)c1sc2cc(F)ccc2c1Cl. The van der Waals surface area contributed by atoms with Crippen molar-refractivity contribution in [3.8, 4) is 11.4 Å². The van der Waals surface area contributed by atoms with E-state index in [4.69, 9.17) is 11.6 Å². The normalized spacial score (nSPS) is 11.5. The summed E-state index contributed by atoms with van der Waals surface area (Å²) in [5.41, 5.74) is 1.75. The van der Waals surface area contributed by atoms with Crippen molar-refractivity contribution in [3.05, 3.63) is 82.4 Å². The lowest BCUT2D eigenvalue weighted by Gasteiger charge is -2.09. The minimum Gasteiger partial charge on any atom is -0.321 e. The summed E-state index contributed by atoms with van der Waals surface area (Å²) >= 11 is 7.40. The lowest BCUT2D eigenvalue weighted by molar-refractivity contribution is 0.0764. The molecular weight excluding hydrogens is 459 g/mol. The Hall–Kier alpha value is -3.36. The maximum absolute atomic E-state index is 13.7. The van der Waals surface area contributed by atoms with Gasteiger partial charge in [0, 0.05) is 21.3 Å². The number of halogens is 4. The fourth-order valence-corrected chi connectivity index (χ4v) is 4.96. The third-order valence-electron chi connectivity index (χ3n) is 4.99. The van der Waals surface area contributed by atoms with E-state index in [1.54, 1.807) is 48.5 Å². The lowest BCUT2D eigenvalue weighted by atomic mass is 10.2. The van der Waals surface area contributed by atoms with Gasteiger partial charge in [-0.2, -0.15) is 8.78 Å². The predicted octanol–water partition coefficient (Wildman–Crippen LogP) is 7.36. The first-order valence-electron chi connectivity index (χ1n) is 9.47. The third kappa shape index (κ3) is 3.51. The van der Waals surface area contributed by atoms with Crippen molar-refractivity contribution in [1.82, 2.24) is 9.55 Å². The Kier molecular flexibility index (Phi) is 5.11. The average molecular weight is 472 g/mol. The van der Waals surface area contributed by atoms with Crippen LogP contribution in [0.25, 0.3) is 32.5 Å². The number of nitrogens with zero attached hydrogens (tertiary/aromatic N) is 2. The molecule has 0 aliphatic rings. The number of fused-ring (bicyclic) bond motifs is 2. The number of anilines is 1. The highest BCUT2D eigenvalue weighted by Crippen LogP contribution is 2.36. The van der Waals surface area contributed by atoms with Crippen LogP contribution in [0.5, 0.6) is 0 Å². The van der Waals surface area contributed by atoms with Gasteiger partial charge in [-0.05, 0) is 54.6 Å². The minimum absolute atomic E-state index is 0.133. The van der Waals surface area contributed by atoms with E-state index in [9.17, 15) is 18.0 Å². The highest BCUT2D eigenvalue weighted by Gasteiger charge is 2.20. The number of amides is 1. The summed E-state index contributed by atoms with van der Waals surface area (Å²) in [6.07, 6.45) is 0. The minimum atomic E-state index is -2.75. The number of thiophene rings is 1. The summed E-state index contributed by atoms with van der Waals surface area (Å²) in [6, 6.07) is 17.2. The van der Waals surface area contributed by atoms with Crippen LogP contribution in [0.15, 0.2) is 66.7 Å². The number of rotatable bonds is 4. The number of alkyl halides is 2. The molecule has 160 valence electrons. The molecule has 9 heteroatoms. The van der Waals surface area contributed by atoms with Crippen LogP contribution in [0.3, 0.4) is 0 Å². The van der Waals surface area contributed by atoms with Crippen LogP contribution in [0.4, 0.5) is 18.9 Å². The molecule has 0 radical (unpaired) electrons. The summed E-state index contributed by atoms with van der Waals surface area (Å²) in [5.74, 6) is -0.717. The van der Waals surface area contributed by atoms with Crippen LogP contribution in [0.2, 0.25) is 5.02 Å². The number of aromatic nitrogens is 2. The van der Waals surface area contributed by atoms with Crippen molar-refractivity contribution >= 4 is 55.7 Å². The van der Waals surface area contributed by atoms with E-state index in [2.05, 4.69) is 10.3 Å². The topological polar surface area (TPSA) is 46.9 Å². The number of carbonyl (C=O) groups excluding carboxylic acids is 1. The molecule has 5 rings (SSSR count). The van der Waals surface area contributed by atoms with Gasteiger partial charge in [-0.15, -0.1) is 11.3 Å². The zero-order chi connectivity index (χ0) is 22.4. The number of hydrogen-bond acceptors (Lipinski definition) is 3. The van der Waals surface area contributed by atoms with Gasteiger partial charge >= 0.3 is 6.55 Å². The molecule has 2 heterocycles. The molecule has 0 bridgehead atoms. The molecule has 0 spiro atoms. The summed E-state index contributed by atoms with van der Waals surface area (Å²) in [5, 5.41) is 3.59. The molecule has 2 aromatic heterocycles. The molecule has 5 aromatic rings. The van der Waals surface area contributed by atoms with Gasteiger partial charge < -0.3 is 5.32 Å². The second-order valence-electron chi connectivity index (χ2n) is 6.99. The Morgan fingerprint density at radius 1 is 1.06 bits per heavy atom. The van der Waals surface area contributed by atoms with E-state index >= 15 is 0 Å². The molecule has 1 N–H and O–H groups in total. The Labute approximate surface area is 188 Å². The Morgan fingerprint density at radius 2 is 1.81 bits per heavy atom. The molecule has 3 aromatic carbocycles. The fourth-order valence-electron chi connectivity index (χ4n) is 3.52. The van der Waals surface area contributed by atoms with Gasteiger partial charge in [-0.25, -0.2) is 9.37 Å². The van der Waals surface area contributed by atoms with Crippen molar-refractivity contribution in [3.63, 3.8) is 0 Å². The zero-order valence-corrected chi connectivity index (χ0v) is 17.7. The largest absolute Gasteiger partial charge is 0.321 e. The number of imidazole rings is 1. The average Bonchev–Trinajstić information content (AvgIpc) is 3.32. The second-order valence-corrected chi connectivity index (χ2v) is 8.42. The van der Waals surface area contributed by atoms with Crippen LogP contribution in [-0.2, 0) is 0 Å². The van der Waals surface area contributed by atoms with Crippen LogP contribution in [0.1, 0.15) is 16.2 Å². The first-order valence-corrected chi connectivity index (χ1v) is 10.7. The van der Waals surface area contributed by atoms with Crippen LogP contribution >= 0.6 is 22.9 Å². The van der Waals surface area contributed by atoms with Crippen molar-refractivity contribution in [1.29, 1.82) is 0 Å². The third-order valence-corrected chi connectivity index (χ3v) is 6.65. The van der Waals surface area contributed by atoms with E-state index in [-0.39, 0.29) is 15.7 Å². The molecular formula is C23H13ClF3N3OS. The molecule has 1 amide bonds. The molecule has 0 aliphatic carbocycles. The maximum atomic E-state index is 13.7. The smallest absolute Gasteiger partial charge is 0.320 e. The quantitative estimate of drug-likeness (QED) is 0.297. The maximum Gasteiger partial charge on any atom is 0.320 e. The van der Waals surface area contributed by atoms with Gasteiger partial charge in [-0.3, -0.25) is 9.36 Å². The summed E-state index contributed by atoms with van der Waals surface area (Å²) in [4.78, 5) is 17.3. The van der Waals surface area contributed by atoms with Crippen molar-refractivity contribution in [2.45, 2.75) is 6.55 Å². The predicted molar refractivity (Wildman–Crippen MR) is 121 cm³/mol. The van der Waals surface area contributed by atoms with Gasteiger partial charge in [0.25, 0.3) is 5.91 Å². The first-order chi connectivity index (χ1) is 15.4. The number of hydrogen-bond donors (Lipinski definition) is 1. The molecule has 0 atom stereocenters. The highest BCUT2D eigenvalue weighted by molar-refractivity contribution is 7.21. The van der Waals surface area contributed by atoms with Gasteiger partial charge in [0.05, 0.1) is 16.1 Å². The van der Waals surface area contributed by atoms with Crippen molar-refractivity contribution in [2.24, 2.45) is 0 Å². The van der Waals surface area contributed by atoms with E-state index in [0.717, 1.165) is 15.9 Å². The molecule has 0 saturated heterocycles. The lowest BCUT2D eigenvalue weighted by Crippen LogP contribution is -2.10.